The molecule has 2 atom stereocenters. The maximum atomic E-state index is 12.2. The van der Waals surface area contributed by atoms with Crippen molar-refractivity contribution in [2.45, 2.75) is 32.5 Å². The van der Waals surface area contributed by atoms with E-state index in [9.17, 15) is 19.5 Å². The molecule has 0 aliphatic carbocycles. The zero-order valence-electron chi connectivity index (χ0n) is 15.1. The molecule has 0 unspecified atom stereocenters. The van der Waals surface area contributed by atoms with Crippen molar-refractivity contribution in [1.29, 1.82) is 0 Å². The molecule has 0 bridgehead atoms. The summed E-state index contributed by atoms with van der Waals surface area (Å²) in [6.07, 6.45) is -1.17. The van der Waals surface area contributed by atoms with Gasteiger partial charge in [-0.25, -0.2) is 0 Å². The number of rotatable bonds is 8. The molecule has 0 radical (unpaired) electrons. The van der Waals surface area contributed by atoms with Crippen LogP contribution in [0.4, 0.5) is 0 Å². The van der Waals surface area contributed by atoms with E-state index in [2.05, 4.69) is 21.1 Å². The predicted molar refractivity (Wildman–Crippen MR) is 95.5 cm³/mol. The Labute approximate surface area is 156 Å². The van der Waals surface area contributed by atoms with Gasteiger partial charge < -0.3 is 25.6 Å². The quantitative estimate of drug-likeness (QED) is 0.510. The van der Waals surface area contributed by atoms with Gasteiger partial charge in [-0.3, -0.25) is 14.4 Å². The average molecular weight is 374 g/mol. The Morgan fingerprint density at radius 2 is 1.89 bits per heavy atom. The maximum absolute atomic E-state index is 12.2. The SMILES string of the molecule is Cc1cc(C(=O)N[C@H](C(=O)NCC(=O)NCc2ccccc2)[C@@H](C)O)no1. The van der Waals surface area contributed by atoms with E-state index in [1.54, 1.807) is 6.92 Å². The Morgan fingerprint density at radius 1 is 1.19 bits per heavy atom. The van der Waals surface area contributed by atoms with Crippen LogP contribution in [-0.2, 0) is 16.1 Å². The summed E-state index contributed by atoms with van der Waals surface area (Å²) >= 11 is 0. The second kappa shape index (κ2) is 9.48. The van der Waals surface area contributed by atoms with E-state index in [-0.39, 0.29) is 12.2 Å². The molecule has 0 saturated carbocycles. The molecule has 1 aromatic carbocycles. The molecule has 9 heteroatoms. The third-order valence-corrected chi connectivity index (χ3v) is 3.67. The third kappa shape index (κ3) is 6.23. The molecule has 0 aliphatic rings. The van der Waals surface area contributed by atoms with Crippen molar-refractivity contribution in [3.05, 3.63) is 53.4 Å². The molecule has 4 N–H and O–H groups in total. The van der Waals surface area contributed by atoms with Gasteiger partial charge in [0, 0.05) is 12.6 Å². The molecular formula is C18H22N4O5. The summed E-state index contributed by atoms with van der Waals surface area (Å²) in [5, 5.41) is 20.8. The van der Waals surface area contributed by atoms with E-state index >= 15 is 0 Å². The summed E-state index contributed by atoms with van der Waals surface area (Å²) < 4.78 is 4.80. The van der Waals surface area contributed by atoms with E-state index in [1.165, 1.54) is 13.0 Å². The van der Waals surface area contributed by atoms with Crippen molar-refractivity contribution in [2.75, 3.05) is 6.54 Å². The number of aryl methyl sites for hydroxylation is 1. The number of aliphatic hydroxyl groups is 1. The van der Waals surface area contributed by atoms with Gasteiger partial charge in [0.05, 0.1) is 12.6 Å². The first kappa shape index (κ1) is 20.1. The van der Waals surface area contributed by atoms with Gasteiger partial charge in [-0.2, -0.15) is 0 Å². The largest absolute Gasteiger partial charge is 0.391 e. The molecule has 1 aromatic heterocycles. The Hall–Kier alpha value is -3.20. The number of amides is 3. The highest BCUT2D eigenvalue weighted by Gasteiger charge is 2.27. The Kier molecular flexibility index (Phi) is 7.07. The van der Waals surface area contributed by atoms with Crippen molar-refractivity contribution in [3.8, 4) is 0 Å². The lowest BCUT2D eigenvalue weighted by atomic mass is 10.1. The number of nitrogens with one attached hydrogen (secondary N) is 3. The summed E-state index contributed by atoms with van der Waals surface area (Å²) in [4.78, 5) is 36.2. The molecule has 0 aliphatic heterocycles. The fraction of sp³-hybridized carbons (Fsp3) is 0.333. The molecule has 2 rings (SSSR count). The lowest BCUT2D eigenvalue weighted by Crippen LogP contribution is -2.53. The molecule has 2 aromatic rings. The van der Waals surface area contributed by atoms with Crippen LogP contribution in [0.2, 0.25) is 0 Å². The molecule has 27 heavy (non-hydrogen) atoms. The van der Waals surface area contributed by atoms with Crippen molar-refractivity contribution in [2.24, 2.45) is 0 Å². The fourth-order valence-electron chi connectivity index (χ4n) is 2.23. The highest BCUT2D eigenvalue weighted by atomic mass is 16.5. The molecular weight excluding hydrogens is 352 g/mol. The molecule has 0 saturated heterocycles. The Morgan fingerprint density at radius 3 is 2.48 bits per heavy atom. The number of aromatic nitrogens is 1. The monoisotopic (exact) mass is 374 g/mol. The second-order valence-corrected chi connectivity index (χ2v) is 5.99. The van der Waals surface area contributed by atoms with Gasteiger partial charge in [-0.05, 0) is 19.4 Å². The third-order valence-electron chi connectivity index (χ3n) is 3.67. The first-order valence-corrected chi connectivity index (χ1v) is 8.37. The van der Waals surface area contributed by atoms with Crippen LogP contribution in [0.15, 0.2) is 40.9 Å². The van der Waals surface area contributed by atoms with Gasteiger partial charge in [0.2, 0.25) is 11.8 Å². The van der Waals surface area contributed by atoms with Crippen molar-refractivity contribution in [1.82, 2.24) is 21.1 Å². The molecule has 9 nitrogen and oxygen atoms in total. The smallest absolute Gasteiger partial charge is 0.274 e. The standard InChI is InChI=1S/C18H22N4O5/c1-11-8-14(22-27-11)17(25)21-16(12(2)23)18(26)20-10-15(24)19-9-13-6-4-3-5-7-13/h3-8,12,16,23H,9-10H2,1-2H3,(H,19,24)(H,20,26)(H,21,25)/t12-,16+/m1/s1. The van der Waals surface area contributed by atoms with E-state index in [4.69, 9.17) is 4.52 Å². The lowest BCUT2D eigenvalue weighted by molar-refractivity contribution is -0.128. The highest BCUT2D eigenvalue weighted by molar-refractivity contribution is 5.97. The van der Waals surface area contributed by atoms with Crippen LogP contribution >= 0.6 is 0 Å². The molecule has 3 amide bonds. The zero-order chi connectivity index (χ0) is 19.8. The van der Waals surface area contributed by atoms with Gasteiger partial charge in [0.25, 0.3) is 5.91 Å². The first-order valence-electron chi connectivity index (χ1n) is 8.37. The molecule has 1 heterocycles. The van der Waals surface area contributed by atoms with E-state index in [1.807, 2.05) is 30.3 Å². The average Bonchev–Trinajstić information content (AvgIpc) is 3.09. The topological polar surface area (TPSA) is 134 Å². The summed E-state index contributed by atoms with van der Waals surface area (Å²) in [7, 11) is 0. The van der Waals surface area contributed by atoms with Crippen molar-refractivity contribution < 1.29 is 24.0 Å². The number of hydrogen-bond acceptors (Lipinski definition) is 6. The Balaban J connectivity index is 1.83. The van der Waals surface area contributed by atoms with Gasteiger partial charge in [0.15, 0.2) is 5.69 Å². The summed E-state index contributed by atoms with van der Waals surface area (Å²) in [6.45, 7) is 3.02. The van der Waals surface area contributed by atoms with Crippen LogP contribution in [0, 0.1) is 6.92 Å². The minimum Gasteiger partial charge on any atom is -0.391 e. The first-order chi connectivity index (χ1) is 12.9. The van der Waals surface area contributed by atoms with Crippen LogP contribution in [0.1, 0.15) is 28.7 Å². The van der Waals surface area contributed by atoms with Gasteiger partial charge in [-0.1, -0.05) is 35.5 Å². The van der Waals surface area contributed by atoms with Crippen LogP contribution in [0.5, 0.6) is 0 Å². The van der Waals surface area contributed by atoms with Gasteiger partial charge >= 0.3 is 0 Å². The molecule has 0 spiro atoms. The number of carbonyl (C=O) groups excluding carboxylic acids is 3. The maximum Gasteiger partial charge on any atom is 0.274 e. The molecule has 144 valence electrons. The lowest BCUT2D eigenvalue weighted by Gasteiger charge is -2.20. The van der Waals surface area contributed by atoms with Crippen LogP contribution in [0.25, 0.3) is 0 Å². The number of benzene rings is 1. The highest BCUT2D eigenvalue weighted by Crippen LogP contribution is 2.03. The fourth-order valence-corrected chi connectivity index (χ4v) is 2.23. The van der Waals surface area contributed by atoms with Crippen LogP contribution in [-0.4, -0.2) is 46.7 Å². The van der Waals surface area contributed by atoms with E-state index < -0.39 is 29.9 Å². The predicted octanol–water partition coefficient (Wildman–Crippen LogP) is -0.105. The molecule has 0 fully saturated rings. The van der Waals surface area contributed by atoms with Gasteiger partial charge in [-0.15, -0.1) is 0 Å². The summed E-state index contributed by atoms with van der Waals surface area (Å²) in [5.74, 6) is -1.31. The van der Waals surface area contributed by atoms with E-state index in [0.29, 0.717) is 12.3 Å². The summed E-state index contributed by atoms with van der Waals surface area (Å²) in [5.41, 5.74) is 0.917. The zero-order valence-corrected chi connectivity index (χ0v) is 15.1. The minimum absolute atomic E-state index is 0.00782. The van der Waals surface area contributed by atoms with Crippen molar-refractivity contribution in [3.63, 3.8) is 0 Å². The normalized spacial score (nSPS) is 12.7. The number of nitrogens with zero attached hydrogens (tertiary/aromatic N) is 1. The second-order valence-electron chi connectivity index (χ2n) is 5.99. The van der Waals surface area contributed by atoms with Gasteiger partial charge in [0.1, 0.15) is 11.8 Å². The summed E-state index contributed by atoms with van der Waals surface area (Å²) in [6, 6.07) is 9.48. The Bertz CT molecular complexity index is 788. The minimum atomic E-state index is -1.24. The van der Waals surface area contributed by atoms with Crippen molar-refractivity contribution >= 4 is 17.7 Å². The van der Waals surface area contributed by atoms with E-state index in [0.717, 1.165) is 5.56 Å². The number of hydrogen-bond donors (Lipinski definition) is 4. The number of aliphatic hydroxyl groups excluding tert-OH is 1. The van der Waals surface area contributed by atoms with Crippen LogP contribution in [0.3, 0.4) is 0 Å². The number of carbonyl (C=O) groups is 3. The van der Waals surface area contributed by atoms with Crippen LogP contribution < -0.4 is 16.0 Å².